The van der Waals surface area contributed by atoms with Gasteiger partial charge in [-0.2, -0.15) is 5.26 Å². The zero-order valence-electron chi connectivity index (χ0n) is 20.4. The Hall–Kier alpha value is -3.83. The third-order valence-electron chi connectivity index (χ3n) is 6.45. The molecule has 4 rings (SSSR count). The molecule has 0 unspecified atom stereocenters. The molecule has 3 aromatic rings. The Bertz CT molecular complexity index is 1330. The van der Waals surface area contributed by atoms with Gasteiger partial charge in [0, 0.05) is 45.0 Å². The molecular formula is C28H28N4O3S. The van der Waals surface area contributed by atoms with E-state index >= 15 is 0 Å². The number of aryl methyl sites for hydroxylation is 1. The lowest BCUT2D eigenvalue weighted by Gasteiger charge is -2.22. The van der Waals surface area contributed by atoms with Crippen LogP contribution in [0.25, 0.3) is 11.8 Å². The fourth-order valence-corrected chi connectivity index (χ4v) is 5.40. The minimum absolute atomic E-state index is 0.0733. The molecular weight excluding hydrogens is 472 g/mol. The lowest BCUT2D eigenvalue weighted by Crippen LogP contribution is -2.36. The van der Waals surface area contributed by atoms with Gasteiger partial charge in [0.2, 0.25) is 0 Å². The minimum Gasteiger partial charge on any atom is -0.349 e. The van der Waals surface area contributed by atoms with E-state index in [0.29, 0.717) is 0 Å². The van der Waals surface area contributed by atoms with Crippen molar-refractivity contribution in [3.05, 3.63) is 87.2 Å². The summed E-state index contributed by atoms with van der Waals surface area (Å²) in [5.41, 5.74) is 3.95. The molecule has 1 N–H and O–H groups in total. The molecule has 0 aliphatic heterocycles. The first-order chi connectivity index (χ1) is 17.4. The van der Waals surface area contributed by atoms with E-state index in [0.717, 1.165) is 58.1 Å². The van der Waals surface area contributed by atoms with Crippen LogP contribution in [0.3, 0.4) is 0 Å². The molecule has 1 aliphatic carbocycles. The monoisotopic (exact) mass is 500 g/mol. The van der Waals surface area contributed by atoms with Crippen molar-refractivity contribution in [3.63, 3.8) is 0 Å². The number of benzene rings is 2. The van der Waals surface area contributed by atoms with Crippen LogP contribution in [-0.4, -0.2) is 21.4 Å². The van der Waals surface area contributed by atoms with E-state index in [1.807, 2.05) is 44.2 Å². The Morgan fingerprint density at radius 3 is 2.28 bits per heavy atom. The van der Waals surface area contributed by atoms with E-state index in [-0.39, 0.29) is 23.2 Å². The Labute approximate surface area is 215 Å². The second-order valence-corrected chi connectivity index (χ2v) is 10.1. The molecule has 0 atom stereocenters. The van der Waals surface area contributed by atoms with Gasteiger partial charge in [0.1, 0.15) is 11.6 Å². The van der Waals surface area contributed by atoms with Crippen LogP contribution in [0.15, 0.2) is 70.0 Å². The number of nitrogens with one attached hydrogen (secondary N) is 1. The van der Waals surface area contributed by atoms with Crippen LogP contribution in [0, 0.1) is 35.3 Å². The minimum atomic E-state index is -0.406. The predicted octanol–water partition coefficient (Wildman–Crippen LogP) is 6.51. The molecule has 0 saturated heterocycles. The third-order valence-corrected chi connectivity index (χ3v) is 7.47. The van der Waals surface area contributed by atoms with Gasteiger partial charge in [-0.05, 0) is 80.8 Å². The number of aromatic nitrogens is 1. The summed E-state index contributed by atoms with van der Waals surface area (Å²) in [6.07, 6.45) is 7.05. The van der Waals surface area contributed by atoms with Gasteiger partial charge in [-0.1, -0.05) is 31.0 Å². The first-order valence-electron chi connectivity index (χ1n) is 12.0. The summed E-state index contributed by atoms with van der Waals surface area (Å²) in [4.78, 5) is 25.1. The molecule has 1 aliphatic rings. The van der Waals surface area contributed by atoms with E-state index < -0.39 is 4.92 Å². The average molecular weight is 501 g/mol. The van der Waals surface area contributed by atoms with Crippen LogP contribution < -0.4 is 5.32 Å². The summed E-state index contributed by atoms with van der Waals surface area (Å²) in [5.74, 6) is -0.304. The zero-order chi connectivity index (χ0) is 25.7. The Morgan fingerprint density at radius 2 is 1.69 bits per heavy atom. The number of nitro benzene ring substituents is 1. The second-order valence-electron chi connectivity index (χ2n) is 8.99. The lowest BCUT2D eigenvalue weighted by atomic mass is 9.95. The molecule has 1 fully saturated rings. The van der Waals surface area contributed by atoms with Gasteiger partial charge in [-0.3, -0.25) is 14.9 Å². The highest BCUT2D eigenvalue weighted by atomic mass is 32.2. The normalized spacial score (nSPS) is 14.3. The van der Waals surface area contributed by atoms with Crippen molar-refractivity contribution in [1.82, 2.24) is 9.88 Å². The number of carbonyl (C=O) groups is 1. The van der Waals surface area contributed by atoms with Gasteiger partial charge in [-0.15, -0.1) is 0 Å². The summed E-state index contributed by atoms with van der Waals surface area (Å²) >= 11 is 1.53. The van der Waals surface area contributed by atoms with Crippen LogP contribution >= 0.6 is 11.8 Å². The lowest BCUT2D eigenvalue weighted by molar-refractivity contribution is -0.384. The molecule has 0 spiro atoms. The quantitative estimate of drug-likeness (QED) is 0.172. The van der Waals surface area contributed by atoms with Gasteiger partial charge >= 0.3 is 0 Å². The number of amides is 1. The zero-order valence-corrected chi connectivity index (χ0v) is 21.2. The number of carbonyl (C=O) groups excluding carboxylic acids is 1. The molecule has 1 amide bonds. The van der Waals surface area contributed by atoms with Gasteiger partial charge in [-0.25, -0.2) is 0 Å². The first-order valence-corrected chi connectivity index (χ1v) is 12.8. The largest absolute Gasteiger partial charge is 0.349 e. The highest BCUT2D eigenvalue weighted by molar-refractivity contribution is 7.99. The van der Waals surface area contributed by atoms with Crippen LogP contribution in [0.2, 0.25) is 0 Å². The van der Waals surface area contributed by atoms with Crippen molar-refractivity contribution in [2.24, 2.45) is 0 Å². The topological polar surface area (TPSA) is 101 Å². The Kier molecular flexibility index (Phi) is 7.91. The molecule has 0 bridgehead atoms. The molecule has 1 aromatic heterocycles. The average Bonchev–Trinajstić information content (AvgIpc) is 3.16. The number of rotatable bonds is 7. The van der Waals surface area contributed by atoms with Gasteiger partial charge < -0.3 is 9.88 Å². The van der Waals surface area contributed by atoms with Crippen molar-refractivity contribution in [1.29, 1.82) is 5.26 Å². The smallest absolute Gasteiger partial charge is 0.269 e. The maximum atomic E-state index is 12.7. The molecule has 1 saturated carbocycles. The SMILES string of the molecule is Cc1cc(/C=C(\C#N)C(=O)NC2CCCCC2)c(C)n1-c1ccc(Sc2ccc([N+](=O)[O-])cc2)cc1. The molecule has 36 heavy (non-hydrogen) atoms. The number of nitrogens with zero attached hydrogens (tertiary/aromatic N) is 3. The van der Waals surface area contributed by atoms with Crippen molar-refractivity contribution in [2.75, 3.05) is 0 Å². The van der Waals surface area contributed by atoms with Crippen molar-refractivity contribution >= 4 is 29.4 Å². The van der Waals surface area contributed by atoms with Crippen molar-refractivity contribution in [3.8, 4) is 11.8 Å². The standard InChI is InChI=1S/C28H28N4O3S/c1-19-16-21(17-22(18-29)28(33)30-23-6-4-3-5-7-23)20(2)31(19)24-8-12-26(13-9-24)36-27-14-10-25(11-15-27)32(34)35/h8-17,23H,3-7H2,1-2H3,(H,30,33)/b22-17+. The fourth-order valence-electron chi connectivity index (χ4n) is 4.58. The molecule has 7 nitrogen and oxygen atoms in total. The third kappa shape index (κ3) is 5.86. The molecule has 0 radical (unpaired) electrons. The van der Waals surface area contributed by atoms with Gasteiger partial charge in [0.15, 0.2) is 0 Å². The maximum absolute atomic E-state index is 12.7. The van der Waals surface area contributed by atoms with Crippen LogP contribution in [0.1, 0.15) is 49.1 Å². The second kappa shape index (κ2) is 11.3. The summed E-state index contributed by atoms with van der Waals surface area (Å²) in [5, 5.41) is 23.5. The first kappa shape index (κ1) is 25.3. The number of hydrogen-bond donors (Lipinski definition) is 1. The summed E-state index contributed by atoms with van der Waals surface area (Å²) in [6.45, 7) is 3.98. The number of non-ortho nitro benzene ring substituents is 1. The van der Waals surface area contributed by atoms with E-state index in [1.165, 1.54) is 30.3 Å². The highest BCUT2D eigenvalue weighted by Gasteiger charge is 2.19. The van der Waals surface area contributed by atoms with E-state index in [2.05, 4.69) is 16.0 Å². The van der Waals surface area contributed by atoms with E-state index in [4.69, 9.17) is 0 Å². The van der Waals surface area contributed by atoms with Crippen molar-refractivity contribution < 1.29 is 9.72 Å². The fraction of sp³-hybridized carbons (Fsp3) is 0.286. The highest BCUT2D eigenvalue weighted by Crippen LogP contribution is 2.31. The maximum Gasteiger partial charge on any atom is 0.269 e. The number of nitro groups is 1. The molecule has 1 heterocycles. The van der Waals surface area contributed by atoms with Gasteiger partial charge in [0.05, 0.1) is 4.92 Å². The number of hydrogen-bond acceptors (Lipinski definition) is 5. The Morgan fingerprint density at radius 1 is 1.08 bits per heavy atom. The molecule has 8 heteroatoms. The van der Waals surface area contributed by atoms with E-state index in [1.54, 1.807) is 18.2 Å². The predicted molar refractivity (Wildman–Crippen MR) is 141 cm³/mol. The van der Waals surface area contributed by atoms with Gasteiger partial charge in [0.25, 0.3) is 11.6 Å². The van der Waals surface area contributed by atoms with Crippen LogP contribution in [-0.2, 0) is 4.79 Å². The number of nitriles is 1. The summed E-state index contributed by atoms with van der Waals surface area (Å²) in [7, 11) is 0. The van der Waals surface area contributed by atoms with Crippen molar-refractivity contribution in [2.45, 2.75) is 61.8 Å². The van der Waals surface area contributed by atoms with Crippen LogP contribution in [0.5, 0.6) is 0 Å². The Balaban J connectivity index is 1.50. The van der Waals surface area contributed by atoms with Crippen LogP contribution in [0.4, 0.5) is 5.69 Å². The molecule has 2 aromatic carbocycles. The molecule has 184 valence electrons. The summed E-state index contributed by atoms with van der Waals surface area (Å²) in [6, 6.07) is 18.8. The summed E-state index contributed by atoms with van der Waals surface area (Å²) < 4.78 is 2.10. The van der Waals surface area contributed by atoms with E-state index in [9.17, 15) is 20.2 Å².